The number of benzene rings is 2. The minimum Gasteiger partial charge on any atom is -0.497 e. The Labute approximate surface area is 209 Å². The van der Waals surface area contributed by atoms with Crippen LogP contribution in [0, 0.1) is 0 Å². The predicted molar refractivity (Wildman–Crippen MR) is 134 cm³/mol. The van der Waals surface area contributed by atoms with E-state index in [1.807, 2.05) is 18.2 Å². The maximum absolute atomic E-state index is 12.5. The molecule has 1 atom stereocenters. The highest BCUT2D eigenvalue weighted by Gasteiger charge is 2.31. The number of hydrogen-bond donors (Lipinski definition) is 1. The van der Waals surface area contributed by atoms with Crippen molar-refractivity contribution in [1.82, 2.24) is 20.0 Å². The van der Waals surface area contributed by atoms with Gasteiger partial charge in [0, 0.05) is 23.9 Å². The molecule has 1 N–H and O–H groups in total. The van der Waals surface area contributed by atoms with E-state index in [-0.39, 0.29) is 11.9 Å². The van der Waals surface area contributed by atoms with Gasteiger partial charge in [0.2, 0.25) is 11.7 Å². The lowest BCUT2D eigenvalue weighted by Gasteiger charge is -2.21. The van der Waals surface area contributed by atoms with Crippen molar-refractivity contribution in [1.29, 1.82) is 0 Å². The highest BCUT2D eigenvalue weighted by atomic mass is 16.5. The highest BCUT2D eigenvalue weighted by molar-refractivity contribution is 6.03. The summed E-state index contributed by atoms with van der Waals surface area (Å²) in [6.07, 6.45) is 3.66. The molecule has 2 aromatic heterocycles. The Morgan fingerprint density at radius 1 is 1.03 bits per heavy atom. The van der Waals surface area contributed by atoms with Crippen molar-refractivity contribution in [2.24, 2.45) is 0 Å². The van der Waals surface area contributed by atoms with Gasteiger partial charge in [-0.1, -0.05) is 17.3 Å². The summed E-state index contributed by atoms with van der Waals surface area (Å²) in [4.78, 5) is 23.8. The van der Waals surface area contributed by atoms with Crippen LogP contribution in [0.3, 0.4) is 0 Å². The second kappa shape index (κ2) is 10.6. The summed E-state index contributed by atoms with van der Waals surface area (Å²) in [7, 11) is 3.25. The minimum absolute atomic E-state index is 0.0735. The summed E-state index contributed by atoms with van der Waals surface area (Å²) < 4.78 is 16.0. The first-order valence-electron chi connectivity index (χ1n) is 11.8. The zero-order valence-electron chi connectivity index (χ0n) is 20.2. The fraction of sp³-hybridized carbons (Fsp3) is 0.259. The van der Waals surface area contributed by atoms with E-state index in [2.05, 4.69) is 37.5 Å². The highest BCUT2D eigenvalue weighted by Crippen LogP contribution is 2.33. The molecule has 0 spiro atoms. The molecule has 0 unspecified atom stereocenters. The summed E-state index contributed by atoms with van der Waals surface area (Å²) >= 11 is 0. The Kier molecular flexibility index (Phi) is 6.90. The quantitative estimate of drug-likeness (QED) is 0.382. The van der Waals surface area contributed by atoms with Crippen LogP contribution in [0.2, 0.25) is 0 Å². The normalized spacial score (nSPS) is 15.6. The molecule has 1 saturated heterocycles. The largest absolute Gasteiger partial charge is 0.497 e. The van der Waals surface area contributed by atoms with Crippen LogP contribution in [0.15, 0.2) is 71.4 Å². The molecular weight excluding hydrogens is 458 g/mol. The Morgan fingerprint density at radius 2 is 1.75 bits per heavy atom. The van der Waals surface area contributed by atoms with Crippen LogP contribution in [0.4, 0.5) is 5.82 Å². The molecule has 1 aliphatic rings. The molecule has 5 rings (SSSR count). The number of rotatable bonds is 8. The number of aromatic nitrogens is 3. The second-order valence-corrected chi connectivity index (χ2v) is 8.55. The molecule has 1 fully saturated rings. The van der Waals surface area contributed by atoms with Gasteiger partial charge < -0.3 is 19.3 Å². The molecule has 0 bridgehead atoms. The molecule has 3 heterocycles. The standard InChI is InChI=1S/C27H27N5O4/c1-34-21-10-5-18(6-11-21)17-32-15-3-4-23(32)27-30-25(31-36-27)20-9-14-24(28-16-20)29-26(33)19-7-12-22(35-2)13-8-19/h5-14,16,23H,3-4,15,17H2,1-2H3,(H,28,29,33)/t23-/m0/s1. The van der Waals surface area contributed by atoms with Gasteiger partial charge in [0.15, 0.2) is 0 Å². The van der Waals surface area contributed by atoms with Gasteiger partial charge in [-0.05, 0) is 73.5 Å². The van der Waals surface area contributed by atoms with E-state index in [0.717, 1.165) is 31.7 Å². The van der Waals surface area contributed by atoms with Crippen molar-refractivity contribution < 1.29 is 18.8 Å². The third kappa shape index (κ3) is 5.21. The lowest BCUT2D eigenvalue weighted by atomic mass is 10.1. The summed E-state index contributed by atoms with van der Waals surface area (Å²) in [5.41, 5.74) is 2.44. The van der Waals surface area contributed by atoms with Crippen molar-refractivity contribution >= 4 is 11.7 Å². The van der Waals surface area contributed by atoms with Gasteiger partial charge in [0.05, 0.1) is 20.3 Å². The molecule has 9 heteroatoms. The molecule has 0 radical (unpaired) electrons. The van der Waals surface area contributed by atoms with Crippen molar-refractivity contribution in [2.75, 3.05) is 26.1 Å². The third-order valence-electron chi connectivity index (χ3n) is 6.25. The molecule has 1 amide bonds. The molecule has 4 aromatic rings. The van der Waals surface area contributed by atoms with Gasteiger partial charge in [0.1, 0.15) is 17.3 Å². The van der Waals surface area contributed by atoms with Crippen LogP contribution in [0.1, 0.15) is 40.7 Å². The number of pyridine rings is 1. The Bertz CT molecular complexity index is 1300. The lowest BCUT2D eigenvalue weighted by molar-refractivity contribution is 0.102. The van der Waals surface area contributed by atoms with E-state index in [9.17, 15) is 4.79 Å². The number of anilines is 1. The van der Waals surface area contributed by atoms with Crippen LogP contribution in [0.25, 0.3) is 11.4 Å². The average molecular weight is 486 g/mol. The molecule has 0 aliphatic carbocycles. The number of ether oxygens (including phenoxy) is 2. The Hall–Kier alpha value is -4.24. The van der Waals surface area contributed by atoms with E-state index < -0.39 is 0 Å². The zero-order valence-corrected chi connectivity index (χ0v) is 20.2. The first-order chi connectivity index (χ1) is 17.6. The Morgan fingerprint density at radius 3 is 2.42 bits per heavy atom. The molecule has 2 aromatic carbocycles. The lowest BCUT2D eigenvalue weighted by Crippen LogP contribution is -2.23. The molecule has 9 nitrogen and oxygen atoms in total. The Balaban J connectivity index is 1.23. The first-order valence-corrected chi connectivity index (χ1v) is 11.8. The zero-order chi connectivity index (χ0) is 24.9. The van der Waals surface area contributed by atoms with Crippen LogP contribution in [-0.2, 0) is 6.54 Å². The van der Waals surface area contributed by atoms with Crippen LogP contribution in [-0.4, -0.2) is 46.7 Å². The van der Waals surface area contributed by atoms with Gasteiger partial charge in [0.25, 0.3) is 5.91 Å². The van der Waals surface area contributed by atoms with Crippen molar-refractivity contribution in [3.05, 3.63) is 83.9 Å². The number of likely N-dealkylation sites (tertiary alicyclic amines) is 1. The number of carbonyl (C=O) groups is 1. The fourth-order valence-corrected chi connectivity index (χ4v) is 4.28. The molecule has 0 saturated carbocycles. The predicted octanol–water partition coefficient (Wildman–Crippen LogP) is 4.74. The summed E-state index contributed by atoms with van der Waals surface area (Å²) in [6, 6.07) is 18.6. The maximum Gasteiger partial charge on any atom is 0.256 e. The van der Waals surface area contributed by atoms with E-state index in [4.69, 9.17) is 14.0 Å². The van der Waals surface area contributed by atoms with Gasteiger partial charge in [-0.15, -0.1) is 0 Å². The van der Waals surface area contributed by atoms with E-state index in [1.54, 1.807) is 50.7 Å². The van der Waals surface area contributed by atoms with Crippen LogP contribution < -0.4 is 14.8 Å². The number of amides is 1. The van der Waals surface area contributed by atoms with Gasteiger partial charge in [-0.3, -0.25) is 9.69 Å². The van der Waals surface area contributed by atoms with Crippen molar-refractivity contribution in [3.63, 3.8) is 0 Å². The van der Waals surface area contributed by atoms with Crippen molar-refractivity contribution in [2.45, 2.75) is 25.4 Å². The topological polar surface area (TPSA) is 103 Å². The number of nitrogens with zero attached hydrogens (tertiary/aromatic N) is 4. The number of hydrogen-bond acceptors (Lipinski definition) is 8. The van der Waals surface area contributed by atoms with Gasteiger partial charge in [-0.2, -0.15) is 4.98 Å². The monoisotopic (exact) mass is 485 g/mol. The number of nitrogens with one attached hydrogen (secondary N) is 1. The van der Waals surface area contributed by atoms with E-state index in [1.165, 1.54) is 5.56 Å². The van der Waals surface area contributed by atoms with Crippen molar-refractivity contribution in [3.8, 4) is 22.9 Å². The molecular formula is C27H27N5O4. The smallest absolute Gasteiger partial charge is 0.256 e. The summed E-state index contributed by atoms with van der Waals surface area (Å²) in [5, 5.41) is 6.97. The molecule has 184 valence electrons. The maximum atomic E-state index is 12.5. The van der Waals surface area contributed by atoms with E-state index in [0.29, 0.717) is 34.4 Å². The number of carbonyl (C=O) groups excluding carboxylic acids is 1. The average Bonchev–Trinajstić information content (AvgIpc) is 3.59. The van der Waals surface area contributed by atoms with Gasteiger partial charge >= 0.3 is 0 Å². The minimum atomic E-state index is -0.252. The number of methoxy groups -OCH3 is 2. The summed E-state index contributed by atoms with van der Waals surface area (Å²) in [6.45, 7) is 1.77. The molecule has 36 heavy (non-hydrogen) atoms. The van der Waals surface area contributed by atoms with Crippen LogP contribution >= 0.6 is 0 Å². The molecule has 1 aliphatic heterocycles. The van der Waals surface area contributed by atoms with Gasteiger partial charge in [-0.25, -0.2) is 4.98 Å². The fourth-order valence-electron chi connectivity index (χ4n) is 4.28. The SMILES string of the molecule is COc1ccc(CN2CCC[C@H]2c2nc(-c3ccc(NC(=O)c4ccc(OC)cc4)nc3)no2)cc1. The second-order valence-electron chi connectivity index (χ2n) is 8.55. The first kappa shape index (κ1) is 23.5. The third-order valence-corrected chi connectivity index (χ3v) is 6.25. The van der Waals surface area contributed by atoms with E-state index >= 15 is 0 Å². The van der Waals surface area contributed by atoms with Crippen LogP contribution in [0.5, 0.6) is 11.5 Å². The summed E-state index contributed by atoms with van der Waals surface area (Å²) in [5.74, 6) is 2.80.